The van der Waals surface area contributed by atoms with Gasteiger partial charge in [0.05, 0.1) is 4.90 Å². The quantitative estimate of drug-likeness (QED) is 0.876. The second kappa shape index (κ2) is 6.06. The van der Waals surface area contributed by atoms with Crippen LogP contribution in [0.25, 0.3) is 0 Å². The summed E-state index contributed by atoms with van der Waals surface area (Å²) in [4.78, 5) is 14.3. The van der Waals surface area contributed by atoms with Gasteiger partial charge < -0.3 is 4.90 Å². The van der Waals surface area contributed by atoms with Crippen molar-refractivity contribution < 1.29 is 13.2 Å². The van der Waals surface area contributed by atoms with E-state index in [9.17, 15) is 13.2 Å². The summed E-state index contributed by atoms with van der Waals surface area (Å²) < 4.78 is 23.8. The summed E-state index contributed by atoms with van der Waals surface area (Å²) in [5.41, 5.74) is 0.370. The molecule has 0 aromatic heterocycles. The normalized spacial score (nSPS) is 12.3. The van der Waals surface area contributed by atoms with E-state index in [1.165, 1.54) is 6.07 Å². The molecule has 118 valence electrons. The van der Waals surface area contributed by atoms with Crippen molar-refractivity contribution in [1.29, 1.82) is 0 Å². The van der Waals surface area contributed by atoms with Crippen LogP contribution < -0.4 is 5.14 Å². The molecule has 0 radical (unpaired) electrons. The molecule has 21 heavy (non-hydrogen) atoms. The molecule has 1 aromatic carbocycles. The van der Waals surface area contributed by atoms with Crippen LogP contribution in [-0.4, -0.2) is 31.8 Å². The number of amides is 1. The third-order valence-electron chi connectivity index (χ3n) is 3.94. The van der Waals surface area contributed by atoms with Crippen LogP contribution >= 0.6 is 15.9 Å². The van der Waals surface area contributed by atoms with Gasteiger partial charge >= 0.3 is 0 Å². The zero-order chi connectivity index (χ0) is 16.6. The van der Waals surface area contributed by atoms with E-state index >= 15 is 0 Å². The molecule has 1 amide bonds. The average Bonchev–Trinajstić information content (AvgIpc) is 2.38. The standard InChI is InChI=1S/C14H21BrN2O3S/c1-6-14(3,4)17(5)13(18)11-7-10(15)8-12(9(11)2)21(16,19)20/h7-8H,6H2,1-5H3,(H2,16,19,20). The molecule has 0 aliphatic heterocycles. The Morgan fingerprint density at radius 3 is 2.33 bits per heavy atom. The first-order valence-electron chi connectivity index (χ1n) is 6.53. The number of nitrogens with zero attached hydrogens (tertiary/aromatic N) is 1. The zero-order valence-electron chi connectivity index (χ0n) is 12.9. The Labute approximate surface area is 134 Å². The summed E-state index contributed by atoms with van der Waals surface area (Å²) in [6.45, 7) is 7.50. The van der Waals surface area contributed by atoms with Crippen molar-refractivity contribution >= 4 is 31.9 Å². The molecule has 0 saturated heterocycles. The van der Waals surface area contributed by atoms with Gasteiger partial charge in [-0.2, -0.15) is 0 Å². The first kappa shape index (κ1) is 18.1. The van der Waals surface area contributed by atoms with E-state index in [0.29, 0.717) is 15.6 Å². The molecule has 0 heterocycles. The van der Waals surface area contributed by atoms with Crippen LogP contribution in [0.5, 0.6) is 0 Å². The third kappa shape index (κ3) is 3.84. The van der Waals surface area contributed by atoms with Crippen LogP contribution in [0.4, 0.5) is 0 Å². The van der Waals surface area contributed by atoms with Gasteiger partial charge in [0, 0.05) is 22.6 Å². The van der Waals surface area contributed by atoms with E-state index in [4.69, 9.17) is 5.14 Å². The SMILES string of the molecule is CCC(C)(C)N(C)C(=O)c1cc(Br)cc(S(N)(=O)=O)c1C. The highest BCUT2D eigenvalue weighted by molar-refractivity contribution is 9.10. The summed E-state index contributed by atoms with van der Waals surface area (Å²) in [6.07, 6.45) is 0.782. The predicted molar refractivity (Wildman–Crippen MR) is 86.7 cm³/mol. The molecule has 0 spiro atoms. The van der Waals surface area contributed by atoms with E-state index in [1.807, 2.05) is 20.8 Å². The Morgan fingerprint density at radius 2 is 1.90 bits per heavy atom. The summed E-state index contributed by atoms with van der Waals surface area (Å²) in [7, 11) is -2.17. The minimum atomic E-state index is -3.88. The summed E-state index contributed by atoms with van der Waals surface area (Å²) in [5, 5.41) is 5.21. The second-order valence-corrected chi connectivity index (χ2v) is 8.10. The van der Waals surface area contributed by atoms with Gasteiger partial charge in [0.2, 0.25) is 10.0 Å². The number of benzene rings is 1. The molecule has 7 heteroatoms. The topological polar surface area (TPSA) is 80.5 Å². The van der Waals surface area contributed by atoms with Gasteiger partial charge in [-0.15, -0.1) is 0 Å². The summed E-state index contributed by atoms with van der Waals surface area (Å²) >= 11 is 3.23. The molecular formula is C14H21BrN2O3S. The monoisotopic (exact) mass is 376 g/mol. The maximum absolute atomic E-state index is 12.7. The fourth-order valence-electron chi connectivity index (χ4n) is 1.86. The highest BCUT2D eigenvalue weighted by Crippen LogP contribution is 2.27. The number of hydrogen-bond acceptors (Lipinski definition) is 3. The minimum Gasteiger partial charge on any atom is -0.337 e. The van der Waals surface area contributed by atoms with Crippen molar-refractivity contribution in [3.63, 3.8) is 0 Å². The van der Waals surface area contributed by atoms with Crippen molar-refractivity contribution in [2.24, 2.45) is 5.14 Å². The molecular weight excluding hydrogens is 356 g/mol. The number of nitrogens with two attached hydrogens (primary N) is 1. The average molecular weight is 377 g/mol. The van der Waals surface area contributed by atoms with Gasteiger partial charge in [0.15, 0.2) is 0 Å². The second-order valence-electron chi connectivity index (χ2n) is 5.65. The number of sulfonamides is 1. The predicted octanol–water partition coefficient (Wildman–Crippen LogP) is 2.67. The highest BCUT2D eigenvalue weighted by atomic mass is 79.9. The molecule has 0 aliphatic carbocycles. The molecule has 0 bridgehead atoms. The van der Waals surface area contributed by atoms with Crippen LogP contribution in [0.15, 0.2) is 21.5 Å². The number of hydrogen-bond donors (Lipinski definition) is 1. The number of halogens is 1. The van der Waals surface area contributed by atoms with E-state index in [2.05, 4.69) is 15.9 Å². The van der Waals surface area contributed by atoms with Crippen LogP contribution in [0.1, 0.15) is 43.1 Å². The lowest BCUT2D eigenvalue weighted by atomic mass is 9.98. The fraction of sp³-hybridized carbons (Fsp3) is 0.500. The Bertz CT molecular complexity index is 669. The lowest BCUT2D eigenvalue weighted by Crippen LogP contribution is -2.44. The molecule has 0 fully saturated rings. The van der Waals surface area contributed by atoms with Gasteiger partial charge in [0.1, 0.15) is 0 Å². The fourth-order valence-corrected chi connectivity index (χ4v) is 3.30. The first-order valence-corrected chi connectivity index (χ1v) is 8.87. The minimum absolute atomic E-state index is 0.0390. The van der Waals surface area contributed by atoms with Crippen molar-refractivity contribution in [3.05, 3.63) is 27.7 Å². The molecule has 2 N–H and O–H groups in total. The van der Waals surface area contributed by atoms with Crippen LogP contribution in [0.3, 0.4) is 0 Å². The molecule has 0 aliphatic rings. The molecule has 0 saturated carbocycles. The van der Waals surface area contributed by atoms with Crippen LogP contribution in [-0.2, 0) is 10.0 Å². The number of carbonyl (C=O) groups excluding carboxylic acids is 1. The smallest absolute Gasteiger partial charge is 0.254 e. The van der Waals surface area contributed by atoms with Gasteiger partial charge in [-0.1, -0.05) is 22.9 Å². The van der Waals surface area contributed by atoms with Crippen molar-refractivity contribution in [3.8, 4) is 0 Å². The number of carbonyl (C=O) groups is 1. The highest BCUT2D eigenvalue weighted by Gasteiger charge is 2.29. The Balaban J connectivity index is 3.45. The molecule has 5 nitrogen and oxygen atoms in total. The van der Waals surface area contributed by atoms with Gasteiger partial charge in [-0.3, -0.25) is 4.79 Å². The van der Waals surface area contributed by atoms with Crippen molar-refractivity contribution in [1.82, 2.24) is 4.90 Å². The molecule has 0 unspecified atom stereocenters. The van der Waals surface area contributed by atoms with Crippen LogP contribution in [0.2, 0.25) is 0 Å². The molecule has 1 rings (SSSR count). The van der Waals surface area contributed by atoms with E-state index < -0.39 is 10.0 Å². The largest absolute Gasteiger partial charge is 0.337 e. The van der Waals surface area contributed by atoms with Gasteiger partial charge in [-0.05, 0) is 44.9 Å². The van der Waals surface area contributed by atoms with Crippen molar-refractivity contribution in [2.75, 3.05) is 7.05 Å². The van der Waals surface area contributed by atoms with E-state index in [-0.39, 0.29) is 16.3 Å². The van der Waals surface area contributed by atoms with E-state index in [1.54, 1.807) is 24.9 Å². The van der Waals surface area contributed by atoms with E-state index in [0.717, 1.165) is 6.42 Å². The van der Waals surface area contributed by atoms with Gasteiger partial charge in [-0.25, -0.2) is 13.6 Å². The van der Waals surface area contributed by atoms with Crippen LogP contribution in [0, 0.1) is 6.92 Å². The lowest BCUT2D eigenvalue weighted by Gasteiger charge is -2.35. The molecule has 1 aromatic rings. The zero-order valence-corrected chi connectivity index (χ0v) is 15.3. The summed E-state index contributed by atoms with van der Waals surface area (Å²) in [5.74, 6) is -0.231. The number of rotatable bonds is 4. The Hall–Kier alpha value is -0.920. The Kier molecular flexibility index (Phi) is 5.23. The first-order chi connectivity index (χ1) is 9.41. The third-order valence-corrected chi connectivity index (χ3v) is 5.43. The Morgan fingerprint density at radius 1 is 1.38 bits per heavy atom. The van der Waals surface area contributed by atoms with Crippen molar-refractivity contribution in [2.45, 2.75) is 44.6 Å². The maximum Gasteiger partial charge on any atom is 0.254 e. The van der Waals surface area contributed by atoms with Gasteiger partial charge in [0.25, 0.3) is 5.91 Å². The lowest BCUT2D eigenvalue weighted by molar-refractivity contribution is 0.0619. The summed E-state index contributed by atoms with van der Waals surface area (Å²) in [6, 6.07) is 3.03. The number of primary sulfonamides is 1. The molecule has 0 atom stereocenters. The maximum atomic E-state index is 12.7.